The summed E-state index contributed by atoms with van der Waals surface area (Å²) in [6.45, 7) is 1.50. The highest BCUT2D eigenvalue weighted by Crippen LogP contribution is 2.38. The van der Waals surface area contributed by atoms with Crippen LogP contribution in [0.25, 0.3) is 0 Å². The highest BCUT2D eigenvalue weighted by molar-refractivity contribution is 7.14. The van der Waals surface area contributed by atoms with Gasteiger partial charge >= 0.3 is 0 Å². The number of halogens is 1. The topological polar surface area (TPSA) is 35.2 Å². The van der Waals surface area contributed by atoms with Gasteiger partial charge in [0.1, 0.15) is 0 Å². The van der Waals surface area contributed by atoms with Crippen molar-refractivity contribution in [1.29, 1.82) is 0 Å². The molecule has 0 spiro atoms. The lowest BCUT2D eigenvalue weighted by molar-refractivity contribution is -0.0248. The Morgan fingerprint density at radius 1 is 1.64 bits per heavy atom. The van der Waals surface area contributed by atoms with Crippen molar-refractivity contribution in [3.05, 3.63) is 21.3 Å². The number of hydrogen-bond donors (Lipinski definition) is 1. The fourth-order valence-electron chi connectivity index (χ4n) is 1.94. The molecule has 2 N–H and O–H groups in total. The summed E-state index contributed by atoms with van der Waals surface area (Å²) >= 11 is 7.65. The van der Waals surface area contributed by atoms with Crippen LogP contribution in [0, 0.1) is 5.92 Å². The predicted octanol–water partition coefficient (Wildman–Crippen LogP) is 2.83. The van der Waals surface area contributed by atoms with Crippen molar-refractivity contribution in [2.24, 2.45) is 11.7 Å². The van der Waals surface area contributed by atoms with Gasteiger partial charge in [-0.2, -0.15) is 0 Å². The zero-order valence-electron chi connectivity index (χ0n) is 7.91. The molecule has 1 fully saturated rings. The molecule has 2 atom stereocenters. The molecule has 78 valence electrons. The van der Waals surface area contributed by atoms with Crippen LogP contribution in [-0.2, 0) is 4.74 Å². The molecule has 2 unspecified atom stereocenters. The minimum Gasteiger partial charge on any atom is -0.373 e. The average Bonchev–Trinajstić information content (AvgIpc) is 2.64. The van der Waals surface area contributed by atoms with Gasteiger partial charge in [0, 0.05) is 18.1 Å². The number of nitrogens with two attached hydrogens (primary N) is 1. The molecule has 14 heavy (non-hydrogen) atoms. The monoisotopic (exact) mass is 231 g/mol. The molecule has 1 aliphatic heterocycles. The second kappa shape index (κ2) is 4.62. The van der Waals surface area contributed by atoms with Crippen molar-refractivity contribution in [1.82, 2.24) is 0 Å². The van der Waals surface area contributed by atoms with Crippen LogP contribution in [0.3, 0.4) is 0 Å². The molecule has 0 aliphatic carbocycles. The van der Waals surface area contributed by atoms with Crippen LogP contribution < -0.4 is 5.73 Å². The van der Waals surface area contributed by atoms with Crippen molar-refractivity contribution >= 4 is 22.9 Å². The first-order valence-electron chi connectivity index (χ1n) is 4.87. The Morgan fingerprint density at radius 3 is 3.14 bits per heavy atom. The molecule has 0 radical (unpaired) electrons. The maximum Gasteiger partial charge on any atom is 0.0986 e. The third kappa shape index (κ3) is 1.96. The van der Waals surface area contributed by atoms with Crippen LogP contribution in [0.15, 0.2) is 11.4 Å². The molecule has 4 heteroatoms. The third-order valence-corrected chi connectivity index (χ3v) is 3.90. The minimum absolute atomic E-state index is 0.118. The number of hydrogen-bond acceptors (Lipinski definition) is 3. The lowest BCUT2D eigenvalue weighted by Gasteiger charge is -2.30. The smallest absolute Gasteiger partial charge is 0.0986 e. The van der Waals surface area contributed by atoms with E-state index in [1.54, 1.807) is 11.3 Å². The summed E-state index contributed by atoms with van der Waals surface area (Å²) in [6.07, 6.45) is 2.38. The Kier molecular flexibility index (Phi) is 3.44. The Bertz CT molecular complexity index is 302. The first-order chi connectivity index (χ1) is 6.83. The Labute approximate surface area is 93.0 Å². The van der Waals surface area contributed by atoms with Gasteiger partial charge in [0.15, 0.2) is 0 Å². The Hall–Kier alpha value is -0.0900. The van der Waals surface area contributed by atoms with E-state index in [2.05, 4.69) is 0 Å². The maximum atomic E-state index is 6.09. The van der Waals surface area contributed by atoms with E-state index in [1.165, 1.54) is 0 Å². The van der Waals surface area contributed by atoms with Crippen molar-refractivity contribution in [3.63, 3.8) is 0 Å². The van der Waals surface area contributed by atoms with Crippen LogP contribution in [0.1, 0.15) is 24.5 Å². The van der Waals surface area contributed by atoms with Crippen molar-refractivity contribution in [2.75, 3.05) is 13.2 Å². The molecule has 1 aromatic heterocycles. The standard InChI is InChI=1S/C10H14ClNOS/c11-10-8(3-5-14-10)9-7(6-12)2-1-4-13-9/h3,5,7,9H,1-2,4,6,12H2. The summed E-state index contributed by atoms with van der Waals surface area (Å²) in [5, 5.41) is 2.00. The van der Waals surface area contributed by atoms with Crippen LogP contribution in [-0.4, -0.2) is 13.2 Å². The third-order valence-electron chi connectivity index (χ3n) is 2.70. The average molecular weight is 232 g/mol. The van der Waals surface area contributed by atoms with E-state index in [0.717, 1.165) is 29.3 Å². The van der Waals surface area contributed by atoms with Gasteiger partial charge in [0.05, 0.1) is 10.4 Å². The lowest BCUT2D eigenvalue weighted by Crippen LogP contribution is -2.28. The molecular weight excluding hydrogens is 218 g/mol. The molecule has 0 amide bonds. The quantitative estimate of drug-likeness (QED) is 0.850. The molecule has 0 aromatic carbocycles. The maximum absolute atomic E-state index is 6.09. The molecule has 0 saturated carbocycles. The molecule has 2 heterocycles. The predicted molar refractivity (Wildman–Crippen MR) is 59.8 cm³/mol. The summed E-state index contributed by atoms with van der Waals surface area (Å²) in [4.78, 5) is 0. The molecule has 0 bridgehead atoms. The zero-order valence-corrected chi connectivity index (χ0v) is 9.48. The van der Waals surface area contributed by atoms with Crippen molar-refractivity contribution in [3.8, 4) is 0 Å². The van der Waals surface area contributed by atoms with Crippen LogP contribution in [0.4, 0.5) is 0 Å². The van der Waals surface area contributed by atoms with Gasteiger partial charge in [-0.25, -0.2) is 0 Å². The fraction of sp³-hybridized carbons (Fsp3) is 0.600. The summed E-state index contributed by atoms with van der Waals surface area (Å²) in [6, 6.07) is 2.05. The summed E-state index contributed by atoms with van der Waals surface area (Å²) in [5.74, 6) is 0.427. The van der Waals surface area contributed by atoms with Crippen LogP contribution in [0.2, 0.25) is 4.34 Å². The summed E-state index contributed by atoms with van der Waals surface area (Å²) in [7, 11) is 0. The highest BCUT2D eigenvalue weighted by atomic mass is 35.5. The number of thiophene rings is 1. The largest absolute Gasteiger partial charge is 0.373 e. The van der Waals surface area contributed by atoms with E-state index in [9.17, 15) is 0 Å². The van der Waals surface area contributed by atoms with E-state index < -0.39 is 0 Å². The van der Waals surface area contributed by atoms with Gasteiger partial charge in [0.2, 0.25) is 0 Å². The fourth-order valence-corrected chi connectivity index (χ4v) is 2.91. The van der Waals surface area contributed by atoms with Gasteiger partial charge in [-0.05, 0) is 30.8 Å². The van der Waals surface area contributed by atoms with Gasteiger partial charge in [-0.1, -0.05) is 11.6 Å². The highest BCUT2D eigenvalue weighted by Gasteiger charge is 2.28. The minimum atomic E-state index is 0.118. The molecule has 1 aromatic rings. The van der Waals surface area contributed by atoms with Gasteiger partial charge in [0.25, 0.3) is 0 Å². The molecule has 2 nitrogen and oxygen atoms in total. The van der Waals surface area contributed by atoms with Crippen molar-refractivity contribution < 1.29 is 4.74 Å². The Morgan fingerprint density at radius 2 is 2.50 bits per heavy atom. The molecule has 2 rings (SSSR count). The van der Waals surface area contributed by atoms with Crippen LogP contribution >= 0.6 is 22.9 Å². The van der Waals surface area contributed by atoms with E-state index in [4.69, 9.17) is 22.1 Å². The van der Waals surface area contributed by atoms with E-state index in [1.807, 2.05) is 11.4 Å². The lowest BCUT2D eigenvalue weighted by atomic mass is 9.91. The molecule has 1 aliphatic rings. The number of rotatable bonds is 2. The SMILES string of the molecule is NCC1CCCOC1c1ccsc1Cl. The van der Waals surface area contributed by atoms with Gasteiger partial charge in [-0.3, -0.25) is 0 Å². The zero-order chi connectivity index (χ0) is 9.97. The van der Waals surface area contributed by atoms with E-state index >= 15 is 0 Å². The second-order valence-electron chi connectivity index (χ2n) is 3.58. The second-order valence-corrected chi connectivity index (χ2v) is 5.10. The van der Waals surface area contributed by atoms with Crippen molar-refractivity contribution in [2.45, 2.75) is 18.9 Å². The molecule has 1 saturated heterocycles. The van der Waals surface area contributed by atoms with Crippen LogP contribution in [0.5, 0.6) is 0 Å². The molecular formula is C10H14ClNOS. The normalized spacial score (nSPS) is 27.9. The Balaban J connectivity index is 2.19. The van der Waals surface area contributed by atoms with E-state index in [0.29, 0.717) is 12.5 Å². The number of ether oxygens (including phenoxy) is 1. The summed E-state index contributed by atoms with van der Waals surface area (Å²) in [5.41, 5.74) is 6.85. The summed E-state index contributed by atoms with van der Waals surface area (Å²) < 4.78 is 6.59. The first kappa shape index (κ1) is 10.4. The van der Waals surface area contributed by atoms with Gasteiger partial charge < -0.3 is 10.5 Å². The van der Waals surface area contributed by atoms with Gasteiger partial charge in [-0.15, -0.1) is 11.3 Å². The first-order valence-corrected chi connectivity index (χ1v) is 6.13. The van der Waals surface area contributed by atoms with E-state index in [-0.39, 0.29) is 6.10 Å².